The van der Waals surface area contributed by atoms with Gasteiger partial charge in [-0.25, -0.2) is 4.98 Å². The van der Waals surface area contributed by atoms with Crippen LogP contribution in [0.2, 0.25) is 0 Å². The highest BCUT2D eigenvalue weighted by atomic mass is 16.5. The maximum Gasteiger partial charge on any atom is 0.307 e. The van der Waals surface area contributed by atoms with Gasteiger partial charge in [-0.05, 0) is 43.7 Å². The molecule has 0 saturated carbocycles. The first kappa shape index (κ1) is 16.1. The van der Waals surface area contributed by atoms with E-state index in [1.54, 1.807) is 7.11 Å². The molecule has 2 aromatic carbocycles. The van der Waals surface area contributed by atoms with Crippen molar-refractivity contribution in [3.63, 3.8) is 0 Å². The minimum atomic E-state index is -0.845. The molecule has 0 radical (unpaired) electrons. The Kier molecular flexibility index (Phi) is 4.25. The van der Waals surface area contributed by atoms with Crippen LogP contribution in [0.1, 0.15) is 25.5 Å². The fraction of sp³-hybridized carbons (Fsp3) is 0.263. The highest BCUT2D eigenvalue weighted by Crippen LogP contribution is 2.34. The maximum absolute atomic E-state index is 10.9. The van der Waals surface area contributed by atoms with Gasteiger partial charge < -0.3 is 14.4 Å². The molecule has 3 rings (SSSR count). The number of benzene rings is 2. The van der Waals surface area contributed by atoms with E-state index in [0.29, 0.717) is 0 Å². The third kappa shape index (κ3) is 2.85. The van der Waals surface area contributed by atoms with Crippen LogP contribution in [-0.4, -0.2) is 27.7 Å². The van der Waals surface area contributed by atoms with Crippen LogP contribution >= 0.6 is 0 Å². The Balaban J connectivity index is 2.23. The number of methoxy groups -OCH3 is 1. The first-order valence-corrected chi connectivity index (χ1v) is 7.87. The average Bonchev–Trinajstić information content (AvgIpc) is 2.92. The van der Waals surface area contributed by atoms with E-state index in [4.69, 9.17) is 14.8 Å². The fourth-order valence-electron chi connectivity index (χ4n) is 2.97. The average molecular weight is 324 g/mol. The number of ether oxygens (including phenoxy) is 1. The number of aliphatic carboxylic acids is 1. The van der Waals surface area contributed by atoms with Crippen LogP contribution in [0.15, 0.2) is 42.5 Å². The fourth-order valence-corrected chi connectivity index (χ4v) is 2.97. The standard InChI is InChI=1S/C19H20N2O3/c1-12(2)21-16-9-8-13(11-18(22)23)10-15(16)20-19(21)14-6-4-5-7-17(14)24-3/h4-10,12H,11H2,1-3H3,(H,22,23). The lowest BCUT2D eigenvalue weighted by Gasteiger charge is -2.15. The molecule has 0 fully saturated rings. The van der Waals surface area contributed by atoms with Gasteiger partial charge in [0, 0.05) is 6.04 Å². The molecule has 124 valence electrons. The summed E-state index contributed by atoms with van der Waals surface area (Å²) >= 11 is 0. The van der Waals surface area contributed by atoms with Crippen LogP contribution < -0.4 is 4.74 Å². The van der Waals surface area contributed by atoms with Gasteiger partial charge in [0.2, 0.25) is 0 Å². The van der Waals surface area contributed by atoms with Crippen molar-refractivity contribution in [3.8, 4) is 17.1 Å². The van der Waals surface area contributed by atoms with Crippen LogP contribution in [0, 0.1) is 0 Å². The number of fused-ring (bicyclic) bond motifs is 1. The first-order chi connectivity index (χ1) is 11.5. The van der Waals surface area contributed by atoms with E-state index >= 15 is 0 Å². The van der Waals surface area contributed by atoms with Gasteiger partial charge in [-0.15, -0.1) is 0 Å². The molecular weight excluding hydrogens is 304 g/mol. The van der Waals surface area contributed by atoms with Gasteiger partial charge >= 0.3 is 5.97 Å². The molecule has 24 heavy (non-hydrogen) atoms. The largest absolute Gasteiger partial charge is 0.496 e. The summed E-state index contributed by atoms with van der Waals surface area (Å²) in [6, 6.07) is 13.6. The Hall–Kier alpha value is -2.82. The van der Waals surface area contributed by atoms with E-state index in [1.165, 1.54) is 0 Å². The molecule has 1 aromatic heterocycles. The number of para-hydroxylation sites is 1. The molecule has 0 bridgehead atoms. The summed E-state index contributed by atoms with van der Waals surface area (Å²) in [5, 5.41) is 8.99. The van der Waals surface area contributed by atoms with Crippen LogP contribution in [0.3, 0.4) is 0 Å². The number of hydrogen-bond acceptors (Lipinski definition) is 3. The van der Waals surface area contributed by atoms with Crippen molar-refractivity contribution in [3.05, 3.63) is 48.0 Å². The molecule has 0 amide bonds. The third-order valence-electron chi connectivity index (χ3n) is 3.97. The summed E-state index contributed by atoms with van der Waals surface area (Å²) in [7, 11) is 1.65. The van der Waals surface area contributed by atoms with Gasteiger partial charge in [0.1, 0.15) is 11.6 Å². The Bertz CT molecular complexity index is 897. The topological polar surface area (TPSA) is 64.3 Å². The molecule has 0 unspecified atom stereocenters. The summed E-state index contributed by atoms with van der Waals surface area (Å²) in [6.07, 6.45) is -0.00549. The van der Waals surface area contributed by atoms with Crippen LogP contribution in [0.4, 0.5) is 0 Å². The predicted octanol–water partition coefficient (Wildman–Crippen LogP) is 3.92. The highest BCUT2D eigenvalue weighted by molar-refractivity contribution is 5.84. The van der Waals surface area contributed by atoms with Gasteiger partial charge in [-0.1, -0.05) is 18.2 Å². The summed E-state index contributed by atoms with van der Waals surface area (Å²) in [4.78, 5) is 15.7. The van der Waals surface area contributed by atoms with Crippen molar-refractivity contribution < 1.29 is 14.6 Å². The summed E-state index contributed by atoms with van der Waals surface area (Å²) in [5.74, 6) is 0.744. The summed E-state index contributed by atoms with van der Waals surface area (Å²) in [6.45, 7) is 4.20. The molecule has 0 spiro atoms. The van der Waals surface area contributed by atoms with Crippen LogP contribution in [0.25, 0.3) is 22.4 Å². The molecule has 0 aliphatic carbocycles. The first-order valence-electron chi connectivity index (χ1n) is 7.87. The zero-order valence-electron chi connectivity index (χ0n) is 14.0. The monoisotopic (exact) mass is 324 g/mol. The number of aromatic nitrogens is 2. The highest BCUT2D eigenvalue weighted by Gasteiger charge is 2.18. The minimum Gasteiger partial charge on any atom is -0.496 e. The zero-order chi connectivity index (χ0) is 17.3. The van der Waals surface area contributed by atoms with Gasteiger partial charge in [-0.3, -0.25) is 4.79 Å². The maximum atomic E-state index is 10.9. The number of carbonyl (C=O) groups is 1. The van der Waals surface area contributed by atoms with Gasteiger partial charge in [-0.2, -0.15) is 0 Å². The van der Waals surface area contributed by atoms with Gasteiger partial charge in [0.25, 0.3) is 0 Å². The van der Waals surface area contributed by atoms with E-state index < -0.39 is 5.97 Å². The lowest BCUT2D eigenvalue weighted by Crippen LogP contribution is -2.04. The lowest BCUT2D eigenvalue weighted by atomic mass is 10.1. The number of imidazole rings is 1. The Morgan fingerprint density at radius 2 is 2.00 bits per heavy atom. The minimum absolute atomic E-state index is 0.00549. The van der Waals surface area contributed by atoms with Crippen LogP contribution in [-0.2, 0) is 11.2 Å². The number of nitrogens with zero attached hydrogens (tertiary/aromatic N) is 2. The van der Waals surface area contributed by atoms with E-state index in [2.05, 4.69) is 18.4 Å². The molecule has 3 aromatic rings. The molecule has 1 N–H and O–H groups in total. The van der Waals surface area contributed by atoms with E-state index in [-0.39, 0.29) is 12.5 Å². The molecule has 0 saturated heterocycles. The molecule has 0 aliphatic rings. The number of hydrogen-bond donors (Lipinski definition) is 1. The lowest BCUT2D eigenvalue weighted by molar-refractivity contribution is -0.136. The van der Waals surface area contributed by atoms with Gasteiger partial charge in [0.05, 0.1) is 30.1 Å². The number of carboxylic acids is 1. The Labute approximate surface area is 140 Å². The van der Waals surface area contributed by atoms with Crippen molar-refractivity contribution in [2.24, 2.45) is 0 Å². The zero-order valence-corrected chi connectivity index (χ0v) is 14.0. The molecule has 0 aliphatic heterocycles. The predicted molar refractivity (Wildman–Crippen MR) is 93.4 cm³/mol. The SMILES string of the molecule is COc1ccccc1-c1nc2cc(CC(=O)O)ccc2n1C(C)C. The Morgan fingerprint density at radius 3 is 2.67 bits per heavy atom. The second-order valence-electron chi connectivity index (χ2n) is 5.99. The summed E-state index contributed by atoms with van der Waals surface area (Å²) in [5.41, 5.74) is 3.45. The molecule has 1 heterocycles. The Morgan fingerprint density at radius 1 is 1.25 bits per heavy atom. The van der Waals surface area contributed by atoms with E-state index in [9.17, 15) is 4.79 Å². The normalized spacial score (nSPS) is 11.2. The van der Waals surface area contributed by atoms with Crippen molar-refractivity contribution in [1.82, 2.24) is 9.55 Å². The molecule has 0 atom stereocenters. The smallest absolute Gasteiger partial charge is 0.307 e. The van der Waals surface area contributed by atoms with E-state index in [1.807, 2.05) is 42.5 Å². The number of rotatable bonds is 5. The van der Waals surface area contributed by atoms with E-state index in [0.717, 1.165) is 33.7 Å². The van der Waals surface area contributed by atoms with Crippen molar-refractivity contribution in [1.29, 1.82) is 0 Å². The van der Waals surface area contributed by atoms with Crippen molar-refractivity contribution >= 4 is 17.0 Å². The van der Waals surface area contributed by atoms with Crippen molar-refractivity contribution in [2.75, 3.05) is 7.11 Å². The quantitative estimate of drug-likeness (QED) is 0.772. The summed E-state index contributed by atoms with van der Waals surface area (Å²) < 4.78 is 7.63. The van der Waals surface area contributed by atoms with Crippen LogP contribution in [0.5, 0.6) is 5.75 Å². The number of carboxylic acid groups (broad SMARTS) is 1. The van der Waals surface area contributed by atoms with Gasteiger partial charge in [0.15, 0.2) is 0 Å². The second-order valence-corrected chi connectivity index (χ2v) is 5.99. The second kappa shape index (κ2) is 6.35. The molecule has 5 nitrogen and oxygen atoms in total. The molecule has 5 heteroatoms. The molecular formula is C19H20N2O3. The third-order valence-corrected chi connectivity index (χ3v) is 3.97. The van der Waals surface area contributed by atoms with Crippen molar-refractivity contribution in [2.45, 2.75) is 26.3 Å².